The number of aromatic nitrogens is 1. The maximum absolute atomic E-state index is 9.95. The molecule has 17 heavy (non-hydrogen) atoms. The summed E-state index contributed by atoms with van der Waals surface area (Å²) >= 11 is 7.06. The molecule has 0 radical (unpaired) electrons. The average molecular weight is 279 g/mol. The Morgan fingerprint density at radius 3 is 3.06 bits per heavy atom. The topological polar surface area (TPSA) is 118 Å². The van der Waals surface area contributed by atoms with Crippen LogP contribution in [0.25, 0.3) is 0 Å². The van der Waals surface area contributed by atoms with Crippen molar-refractivity contribution in [1.29, 1.82) is 0 Å². The largest absolute Gasteiger partial charge is 0.365 e. The summed E-state index contributed by atoms with van der Waals surface area (Å²) in [7, 11) is 0. The lowest BCUT2D eigenvalue weighted by Gasteiger charge is -2.03. The van der Waals surface area contributed by atoms with Crippen LogP contribution in [0, 0.1) is 10.1 Å². The molecule has 0 aliphatic rings. The van der Waals surface area contributed by atoms with Gasteiger partial charge in [-0.25, -0.2) is 15.1 Å². The summed E-state index contributed by atoms with van der Waals surface area (Å²) in [5.41, 5.74) is 5.22. The molecular weight excluding hydrogens is 268 g/mol. The average Bonchev–Trinajstić information content (AvgIpc) is 2.62. The van der Waals surface area contributed by atoms with E-state index in [1.165, 1.54) is 11.3 Å². The first kappa shape index (κ1) is 13.6. The second-order valence-electron chi connectivity index (χ2n) is 2.91. The van der Waals surface area contributed by atoms with Gasteiger partial charge in [-0.05, 0) is 0 Å². The van der Waals surface area contributed by atoms with E-state index in [9.17, 15) is 10.1 Å². The van der Waals surface area contributed by atoms with Gasteiger partial charge in [0.1, 0.15) is 5.10 Å². The Balaban J connectivity index is 2.11. The second kappa shape index (κ2) is 6.99. The molecule has 0 spiro atoms. The molecule has 10 heteroatoms. The van der Waals surface area contributed by atoms with Crippen LogP contribution in [0.4, 0.5) is 0 Å². The summed E-state index contributed by atoms with van der Waals surface area (Å²) < 4.78 is 0.502. The minimum absolute atomic E-state index is 0.211. The van der Waals surface area contributed by atoms with Crippen LogP contribution in [-0.4, -0.2) is 29.1 Å². The summed E-state index contributed by atoms with van der Waals surface area (Å²) in [6.45, 7) is 1.66. The van der Waals surface area contributed by atoms with E-state index in [1.807, 2.05) is 0 Å². The van der Waals surface area contributed by atoms with Gasteiger partial charge in [-0.1, -0.05) is 11.6 Å². The van der Waals surface area contributed by atoms with Crippen molar-refractivity contribution < 1.29 is 5.03 Å². The second-order valence-corrected chi connectivity index (χ2v) is 4.60. The summed E-state index contributed by atoms with van der Waals surface area (Å²) in [6.07, 6.45) is 1.69. The Labute approximate surface area is 106 Å². The third-order valence-corrected chi connectivity index (χ3v) is 2.74. The maximum Gasteiger partial charge on any atom is 0.266 e. The summed E-state index contributed by atoms with van der Waals surface area (Å²) in [5.74, 6) is -0.211. The zero-order chi connectivity index (χ0) is 12.7. The van der Waals surface area contributed by atoms with Crippen molar-refractivity contribution in [2.45, 2.75) is 6.54 Å². The van der Waals surface area contributed by atoms with E-state index in [2.05, 4.69) is 20.7 Å². The molecule has 94 valence electrons. The Morgan fingerprint density at radius 2 is 2.47 bits per heavy atom. The number of hydrogen-bond donors (Lipinski definition) is 3. The fraction of sp³-hybridized carbons (Fsp3) is 0.429. The number of hydrogen-bond acceptors (Lipinski definition) is 5. The molecule has 0 aromatic carbocycles. The van der Waals surface area contributed by atoms with Gasteiger partial charge in [0.05, 0.1) is 0 Å². The van der Waals surface area contributed by atoms with Crippen molar-refractivity contribution in [2.24, 2.45) is 10.8 Å². The van der Waals surface area contributed by atoms with Gasteiger partial charge in [0.15, 0.2) is 9.50 Å². The van der Waals surface area contributed by atoms with Crippen LogP contribution >= 0.6 is 22.9 Å². The van der Waals surface area contributed by atoms with E-state index in [4.69, 9.17) is 17.3 Å². The molecule has 0 amide bonds. The number of nitrogens with one attached hydrogen (secondary N) is 2. The number of thiazole rings is 1. The van der Waals surface area contributed by atoms with E-state index in [0.29, 0.717) is 24.1 Å². The van der Waals surface area contributed by atoms with Gasteiger partial charge >= 0.3 is 0 Å². The minimum Gasteiger partial charge on any atom is -0.365 e. The highest BCUT2D eigenvalue weighted by molar-refractivity contribution is 7.15. The highest BCUT2D eigenvalue weighted by Gasteiger charge is 1.99. The molecule has 1 aromatic heterocycles. The van der Waals surface area contributed by atoms with Crippen LogP contribution in [0.5, 0.6) is 0 Å². The molecular formula is C7H11ClN6O2S. The SMILES string of the molecule is NC(=N[N+](=O)[O-])NCCNCc1cnc(Cl)s1. The third kappa shape index (κ3) is 6.00. The molecule has 0 unspecified atom stereocenters. The molecule has 4 N–H and O–H groups in total. The van der Waals surface area contributed by atoms with E-state index < -0.39 is 5.03 Å². The number of halogens is 1. The van der Waals surface area contributed by atoms with E-state index in [0.717, 1.165) is 4.88 Å². The standard InChI is InChI=1S/C7H11ClN6O2S/c8-6-12-4-5(17-6)3-10-1-2-11-7(9)13-14(15)16/h4,10H,1-3H2,(H3,9,11,13). The predicted molar refractivity (Wildman–Crippen MR) is 65.5 cm³/mol. The number of hydrazone groups is 1. The van der Waals surface area contributed by atoms with Gasteiger partial charge in [0, 0.05) is 30.7 Å². The van der Waals surface area contributed by atoms with Crippen LogP contribution in [0.1, 0.15) is 4.88 Å². The summed E-state index contributed by atoms with van der Waals surface area (Å²) in [5, 5.41) is 17.7. The molecule has 0 aliphatic carbocycles. The normalized spacial score (nSPS) is 11.5. The fourth-order valence-corrected chi connectivity index (χ4v) is 1.93. The first-order valence-corrected chi connectivity index (χ1v) is 5.80. The smallest absolute Gasteiger partial charge is 0.266 e. The van der Waals surface area contributed by atoms with Gasteiger partial charge < -0.3 is 16.4 Å². The molecule has 0 aliphatic heterocycles. The summed E-state index contributed by atoms with van der Waals surface area (Å²) in [6, 6.07) is 0. The van der Waals surface area contributed by atoms with Crippen LogP contribution in [-0.2, 0) is 6.54 Å². The van der Waals surface area contributed by atoms with Crippen LogP contribution in [0.3, 0.4) is 0 Å². The van der Waals surface area contributed by atoms with Gasteiger partial charge in [-0.3, -0.25) is 0 Å². The maximum atomic E-state index is 9.95. The van der Waals surface area contributed by atoms with Gasteiger partial charge in [-0.2, -0.15) is 0 Å². The first-order valence-electron chi connectivity index (χ1n) is 4.61. The van der Waals surface area contributed by atoms with Crippen molar-refractivity contribution in [2.75, 3.05) is 13.1 Å². The van der Waals surface area contributed by atoms with Crippen molar-refractivity contribution in [3.63, 3.8) is 0 Å². The molecule has 0 saturated heterocycles. The molecule has 1 rings (SSSR count). The van der Waals surface area contributed by atoms with Crippen LogP contribution in [0.2, 0.25) is 4.47 Å². The van der Waals surface area contributed by atoms with Crippen molar-refractivity contribution in [1.82, 2.24) is 15.6 Å². The monoisotopic (exact) mass is 278 g/mol. The van der Waals surface area contributed by atoms with E-state index >= 15 is 0 Å². The Hall–Kier alpha value is -1.45. The number of nitrogens with zero attached hydrogens (tertiary/aromatic N) is 3. The minimum atomic E-state index is -0.852. The molecule has 0 fully saturated rings. The first-order chi connectivity index (χ1) is 8.08. The lowest BCUT2D eigenvalue weighted by atomic mass is 10.5. The highest BCUT2D eigenvalue weighted by atomic mass is 35.5. The van der Waals surface area contributed by atoms with Gasteiger partial charge in [-0.15, -0.1) is 11.3 Å². The molecule has 0 saturated carbocycles. The number of rotatable bonds is 6. The highest BCUT2D eigenvalue weighted by Crippen LogP contribution is 2.16. The van der Waals surface area contributed by atoms with Crippen LogP contribution < -0.4 is 16.4 Å². The Bertz CT molecular complexity index is 409. The molecule has 1 heterocycles. The third-order valence-electron chi connectivity index (χ3n) is 1.62. The van der Waals surface area contributed by atoms with E-state index in [-0.39, 0.29) is 5.96 Å². The van der Waals surface area contributed by atoms with Gasteiger partial charge in [0.2, 0.25) is 0 Å². The fourth-order valence-electron chi connectivity index (χ4n) is 0.979. The quantitative estimate of drug-likeness (QED) is 0.221. The summed E-state index contributed by atoms with van der Waals surface area (Å²) in [4.78, 5) is 14.9. The molecule has 0 atom stereocenters. The Kier molecular flexibility index (Phi) is 5.60. The van der Waals surface area contributed by atoms with Crippen LogP contribution in [0.15, 0.2) is 11.3 Å². The molecule has 0 bridgehead atoms. The van der Waals surface area contributed by atoms with Crippen molar-refractivity contribution >= 4 is 28.9 Å². The predicted octanol–water partition coefficient (Wildman–Crippen LogP) is -0.0179. The number of nitrogens with two attached hydrogens (primary N) is 1. The molecule has 8 nitrogen and oxygen atoms in total. The zero-order valence-corrected chi connectivity index (χ0v) is 10.3. The van der Waals surface area contributed by atoms with E-state index in [1.54, 1.807) is 6.20 Å². The van der Waals surface area contributed by atoms with Crippen molar-refractivity contribution in [3.8, 4) is 0 Å². The number of guanidine groups is 1. The van der Waals surface area contributed by atoms with Gasteiger partial charge in [0.25, 0.3) is 5.96 Å². The number of nitro groups is 1. The lowest BCUT2D eigenvalue weighted by Crippen LogP contribution is -2.37. The molecule has 1 aromatic rings. The Morgan fingerprint density at radius 1 is 1.71 bits per heavy atom. The zero-order valence-electron chi connectivity index (χ0n) is 8.72. The lowest BCUT2D eigenvalue weighted by molar-refractivity contribution is -0.485. The van der Waals surface area contributed by atoms with Crippen molar-refractivity contribution in [3.05, 3.63) is 25.7 Å².